The number of carbonyl (C=O) groups is 3. The molecule has 8 N–H and O–H groups in total. The first-order valence-corrected chi connectivity index (χ1v) is 10.6. The number of benzene rings is 1. The number of hydrogen-bond donors (Lipinski definition) is 7. The standard InChI is InChI=1S/C22H35N5O6/c1-12-9-14(28)10-13(2)15(12)11-17(19(30)31)26-18(29)16(7-6-8-25-20(23)24)27-21(32)33-22(3,4)5/h9-10,16-17,28H,6-8,11H2,1-5H3,(H,26,29)(H,27,32)(H,30,31)(H4,23,24,25). The number of guanidine groups is 1. The number of nitrogens with one attached hydrogen (secondary N) is 4. The van der Waals surface area contributed by atoms with E-state index < -0.39 is 35.7 Å². The molecular formula is C22H35N5O6. The van der Waals surface area contributed by atoms with E-state index in [2.05, 4.69) is 16.0 Å². The molecule has 0 radical (unpaired) electrons. The van der Waals surface area contributed by atoms with E-state index in [0.29, 0.717) is 29.7 Å². The van der Waals surface area contributed by atoms with Gasteiger partial charge < -0.3 is 36.6 Å². The lowest BCUT2D eigenvalue weighted by atomic mass is 9.95. The van der Waals surface area contributed by atoms with Crippen molar-refractivity contribution in [3.8, 4) is 5.75 Å². The summed E-state index contributed by atoms with van der Waals surface area (Å²) in [6.45, 7) is 8.84. The van der Waals surface area contributed by atoms with Crippen molar-refractivity contribution in [3.63, 3.8) is 0 Å². The number of phenols is 1. The smallest absolute Gasteiger partial charge is 0.408 e. The van der Waals surface area contributed by atoms with Gasteiger partial charge in [0.2, 0.25) is 5.91 Å². The van der Waals surface area contributed by atoms with Gasteiger partial charge in [-0.2, -0.15) is 0 Å². The topological polar surface area (TPSA) is 187 Å². The van der Waals surface area contributed by atoms with E-state index in [-0.39, 0.29) is 24.6 Å². The van der Waals surface area contributed by atoms with Crippen LogP contribution in [0, 0.1) is 19.3 Å². The predicted octanol–water partition coefficient (Wildman–Crippen LogP) is 1.28. The number of carbonyl (C=O) groups excluding carboxylic acids is 2. The van der Waals surface area contributed by atoms with Gasteiger partial charge in [-0.15, -0.1) is 0 Å². The van der Waals surface area contributed by atoms with Crippen LogP contribution in [-0.2, 0) is 20.7 Å². The minimum Gasteiger partial charge on any atom is -0.508 e. The highest BCUT2D eigenvalue weighted by molar-refractivity contribution is 5.89. The van der Waals surface area contributed by atoms with E-state index in [0.717, 1.165) is 0 Å². The van der Waals surface area contributed by atoms with Crippen LogP contribution in [0.4, 0.5) is 4.79 Å². The highest BCUT2D eigenvalue weighted by atomic mass is 16.6. The number of rotatable bonds is 10. The minimum atomic E-state index is -1.25. The number of carboxylic acid groups (broad SMARTS) is 1. The molecule has 2 amide bonds. The van der Waals surface area contributed by atoms with Gasteiger partial charge in [0.15, 0.2) is 5.96 Å². The fourth-order valence-electron chi connectivity index (χ4n) is 3.22. The maximum atomic E-state index is 12.9. The van der Waals surface area contributed by atoms with Crippen molar-refractivity contribution in [3.05, 3.63) is 28.8 Å². The molecule has 1 aromatic carbocycles. The summed E-state index contributed by atoms with van der Waals surface area (Å²) in [5.41, 5.74) is 6.57. The fourth-order valence-corrected chi connectivity index (χ4v) is 3.22. The predicted molar refractivity (Wildman–Crippen MR) is 123 cm³/mol. The number of carboxylic acids is 1. The molecule has 0 saturated carbocycles. The van der Waals surface area contributed by atoms with E-state index in [9.17, 15) is 24.6 Å². The fraction of sp³-hybridized carbons (Fsp3) is 0.545. The summed E-state index contributed by atoms with van der Waals surface area (Å²) >= 11 is 0. The van der Waals surface area contributed by atoms with Crippen LogP contribution >= 0.6 is 0 Å². The van der Waals surface area contributed by atoms with Crippen LogP contribution in [-0.4, -0.2) is 58.4 Å². The van der Waals surface area contributed by atoms with Crippen LogP contribution in [0.3, 0.4) is 0 Å². The summed E-state index contributed by atoms with van der Waals surface area (Å²) in [5.74, 6) is -2.05. The van der Waals surface area contributed by atoms with Gasteiger partial charge in [-0.05, 0) is 76.3 Å². The number of alkyl carbamates (subject to hydrolysis) is 1. The zero-order valence-corrected chi connectivity index (χ0v) is 19.7. The van der Waals surface area contributed by atoms with Crippen molar-refractivity contribution in [2.75, 3.05) is 6.54 Å². The Morgan fingerprint density at radius 1 is 1.12 bits per heavy atom. The normalized spacial score (nSPS) is 12.9. The average molecular weight is 466 g/mol. The molecular weight excluding hydrogens is 430 g/mol. The monoisotopic (exact) mass is 465 g/mol. The number of aliphatic carboxylic acids is 1. The van der Waals surface area contributed by atoms with Crippen LogP contribution in [0.5, 0.6) is 5.75 Å². The summed E-state index contributed by atoms with van der Waals surface area (Å²) in [5, 5.41) is 34.2. The number of phenolic OH excluding ortho intramolecular Hbond substituents is 1. The van der Waals surface area contributed by atoms with Crippen LogP contribution in [0.15, 0.2) is 12.1 Å². The molecule has 0 aliphatic heterocycles. The lowest BCUT2D eigenvalue weighted by Gasteiger charge is -2.25. The molecule has 0 fully saturated rings. The average Bonchev–Trinajstić information content (AvgIpc) is 2.63. The molecule has 11 heteroatoms. The summed E-state index contributed by atoms with van der Waals surface area (Å²) < 4.78 is 5.21. The maximum absolute atomic E-state index is 12.9. The maximum Gasteiger partial charge on any atom is 0.408 e. The number of hydrogen-bond acceptors (Lipinski definition) is 6. The van der Waals surface area contributed by atoms with Crippen molar-refractivity contribution in [2.24, 2.45) is 5.73 Å². The first-order chi connectivity index (χ1) is 15.2. The Kier molecular flexibility index (Phi) is 9.96. The first kappa shape index (κ1) is 27.5. The second kappa shape index (κ2) is 11.9. The summed E-state index contributed by atoms with van der Waals surface area (Å²) in [4.78, 5) is 37.0. The van der Waals surface area contributed by atoms with Gasteiger partial charge in [0.25, 0.3) is 0 Å². The molecule has 0 bridgehead atoms. The Bertz CT molecular complexity index is 858. The summed E-state index contributed by atoms with van der Waals surface area (Å²) in [6.07, 6.45) is -0.264. The van der Waals surface area contributed by atoms with Crippen LogP contribution < -0.4 is 21.7 Å². The van der Waals surface area contributed by atoms with Gasteiger partial charge in [-0.1, -0.05) is 0 Å². The van der Waals surface area contributed by atoms with Crippen LogP contribution in [0.2, 0.25) is 0 Å². The number of nitrogens with two attached hydrogens (primary N) is 1. The van der Waals surface area contributed by atoms with Crippen LogP contribution in [0.1, 0.15) is 50.3 Å². The van der Waals surface area contributed by atoms with Gasteiger partial charge in [0.05, 0.1) is 0 Å². The van der Waals surface area contributed by atoms with Gasteiger partial charge in [-0.3, -0.25) is 10.2 Å². The Hall–Kier alpha value is -3.50. The summed E-state index contributed by atoms with van der Waals surface area (Å²) in [7, 11) is 0. The molecule has 0 aliphatic rings. The number of ether oxygens (including phenoxy) is 1. The van der Waals surface area contributed by atoms with E-state index in [4.69, 9.17) is 15.9 Å². The highest BCUT2D eigenvalue weighted by Gasteiger charge is 2.29. The van der Waals surface area contributed by atoms with Crippen molar-refractivity contribution in [1.29, 1.82) is 5.41 Å². The molecule has 0 spiro atoms. The van der Waals surface area contributed by atoms with Crippen molar-refractivity contribution in [1.82, 2.24) is 16.0 Å². The second-order valence-electron chi connectivity index (χ2n) is 8.84. The molecule has 2 unspecified atom stereocenters. The number of amides is 2. The van der Waals surface area contributed by atoms with Crippen molar-refractivity contribution >= 4 is 23.9 Å². The third-order valence-corrected chi connectivity index (χ3v) is 4.70. The molecule has 0 aromatic heterocycles. The van der Waals surface area contributed by atoms with Crippen LogP contribution in [0.25, 0.3) is 0 Å². The minimum absolute atomic E-state index is 0.00404. The summed E-state index contributed by atoms with van der Waals surface area (Å²) in [6, 6.07) is 0.741. The third kappa shape index (κ3) is 10.1. The lowest BCUT2D eigenvalue weighted by molar-refractivity contribution is -0.142. The quantitative estimate of drug-likeness (QED) is 0.153. The molecule has 11 nitrogen and oxygen atoms in total. The first-order valence-electron chi connectivity index (χ1n) is 10.6. The van der Waals surface area contributed by atoms with Gasteiger partial charge in [0, 0.05) is 13.0 Å². The molecule has 184 valence electrons. The molecule has 33 heavy (non-hydrogen) atoms. The van der Waals surface area contributed by atoms with E-state index in [1.165, 1.54) is 12.1 Å². The molecule has 0 aliphatic carbocycles. The van der Waals surface area contributed by atoms with Crippen molar-refractivity contribution in [2.45, 2.75) is 71.6 Å². The molecule has 1 rings (SSSR count). The lowest BCUT2D eigenvalue weighted by Crippen LogP contribution is -2.53. The van der Waals surface area contributed by atoms with Gasteiger partial charge in [0.1, 0.15) is 23.4 Å². The second-order valence-corrected chi connectivity index (χ2v) is 8.84. The Morgan fingerprint density at radius 3 is 2.18 bits per heavy atom. The number of aromatic hydroxyl groups is 1. The molecule has 2 atom stereocenters. The van der Waals surface area contributed by atoms with E-state index >= 15 is 0 Å². The third-order valence-electron chi connectivity index (χ3n) is 4.70. The largest absolute Gasteiger partial charge is 0.508 e. The molecule has 1 aromatic rings. The Labute approximate surface area is 193 Å². The SMILES string of the molecule is Cc1cc(O)cc(C)c1CC(NC(=O)C(CCCNC(=N)N)NC(=O)OC(C)(C)C)C(=O)O. The van der Waals surface area contributed by atoms with E-state index in [1.807, 2.05) is 0 Å². The Morgan fingerprint density at radius 2 is 1.70 bits per heavy atom. The highest BCUT2D eigenvalue weighted by Crippen LogP contribution is 2.22. The zero-order valence-electron chi connectivity index (χ0n) is 19.7. The van der Waals surface area contributed by atoms with Gasteiger partial charge in [-0.25, -0.2) is 9.59 Å². The van der Waals surface area contributed by atoms with Crippen molar-refractivity contribution < 1.29 is 29.3 Å². The van der Waals surface area contributed by atoms with Gasteiger partial charge >= 0.3 is 12.1 Å². The zero-order chi connectivity index (χ0) is 25.3. The van der Waals surface area contributed by atoms with E-state index in [1.54, 1.807) is 34.6 Å². The number of aryl methyl sites for hydroxylation is 2. The molecule has 0 heterocycles. The Balaban J connectivity index is 2.98. The molecule has 0 saturated heterocycles.